The van der Waals surface area contributed by atoms with E-state index in [2.05, 4.69) is 11.9 Å². The van der Waals surface area contributed by atoms with Crippen molar-refractivity contribution in [2.45, 2.75) is 18.9 Å². The molecule has 0 aliphatic rings. The molecule has 0 amide bonds. The fourth-order valence-corrected chi connectivity index (χ4v) is 1.85. The van der Waals surface area contributed by atoms with E-state index in [1.807, 2.05) is 12.1 Å². The summed E-state index contributed by atoms with van der Waals surface area (Å²) in [5.41, 5.74) is 8.25. The van der Waals surface area contributed by atoms with Crippen LogP contribution >= 0.6 is 0 Å². The molecule has 2 unspecified atom stereocenters. The van der Waals surface area contributed by atoms with Gasteiger partial charge in [0.05, 0.1) is 0 Å². The summed E-state index contributed by atoms with van der Waals surface area (Å²) in [7, 11) is 0. The highest BCUT2D eigenvalue weighted by atomic mass is 19.1. The topological polar surface area (TPSA) is 38.9 Å². The summed E-state index contributed by atoms with van der Waals surface area (Å²) in [6.45, 7) is 2.06. The summed E-state index contributed by atoms with van der Waals surface area (Å²) in [6.07, 6.45) is 3.51. The van der Waals surface area contributed by atoms with Gasteiger partial charge in [0.25, 0.3) is 0 Å². The molecule has 0 spiro atoms. The highest BCUT2D eigenvalue weighted by molar-refractivity contribution is 5.26. The van der Waals surface area contributed by atoms with Crippen LogP contribution in [0.5, 0.6) is 0 Å². The molecule has 17 heavy (non-hydrogen) atoms. The Kier molecular flexibility index (Phi) is 3.49. The van der Waals surface area contributed by atoms with Gasteiger partial charge < -0.3 is 5.73 Å². The maximum Gasteiger partial charge on any atom is 0.123 e. The third-order valence-corrected chi connectivity index (χ3v) is 3.03. The van der Waals surface area contributed by atoms with Crippen molar-refractivity contribution in [3.63, 3.8) is 0 Å². The van der Waals surface area contributed by atoms with Crippen molar-refractivity contribution in [1.29, 1.82) is 0 Å². The molecule has 0 bridgehead atoms. The molecule has 0 radical (unpaired) electrons. The molecule has 0 aliphatic heterocycles. The van der Waals surface area contributed by atoms with Crippen molar-refractivity contribution < 1.29 is 4.39 Å². The first kappa shape index (κ1) is 11.7. The average molecular weight is 230 g/mol. The molecule has 3 heteroatoms. The van der Waals surface area contributed by atoms with Gasteiger partial charge in [-0.2, -0.15) is 0 Å². The molecule has 2 aromatic rings. The van der Waals surface area contributed by atoms with Gasteiger partial charge in [0.15, 0.2) is 0 Å². The van der Waals surface area contributed by atoms with Crippen LogP contribution in [0.1, 0.15) is 30.0 Å². The first-order chi connectivity index (χ1) is 8.18. The third kappa shape index (κ3) is 2.68. The van der Waals surface area contributed by atoms with Crippen LogP contribution in [-0.2, 0) is 0 Å². The van der Waals surface area contributed by atoms with E-state index >= 15 is 0 Å². The lowest BCUT2D eigenvalue weighted by atomic mass is 9.90. The second kappa shape index (κ2) is 5.06. The number of hydrogen-bond acceptors (Lipinski definition) is 2. The number of halogens is 1. The van der Waals surface area contributed by atoms with E-state index in [0.29, 0.717) is 0 Å². The van der Waals surface area contributed by atoms with Crippen LogP contribution in [0.15, 0.2) is 48.8 Å². The van der Waals surface area contributed by atoms with E-state index in [4.69, 9.17) is 5.73 Å². The normalized spacial score (nSPS) is 14.3. The van der Waals surface area contributed by atoms with Crippen molar-refractivity contribution in [3.05, 3.63) is 65.7 Å². The van der Waals surface area contributed by atoms with E-state index in [9.17, 15) is 4.39 Å². The number of hydrogen-bond donors (Lipinski definition) is 1. The number of pyridine rings is 1. The molecule has 0 saturated carbocycles. The molecule has 0 fully saturated rings. The number of nitrogens with two attached hydrogens (primary N) is 1. The molecule has 0 aliphatic carbocycles. The maximum atomic E-state index is 12.8. The predicted octanol–water partition coefficient (Wildman–Crippen LogP) is 3.02. The molecule has 1 heterocycles. The van der Waals surface area contributed by atoms with Crippen LogP contribution < -0.4 is 5.73 Å². The summed E-state index contributed by atoms with van der Waals surface area (Å²) < 4.78 is 12.8. The predicted molar refractivity (Wildman–Crippen MR) is 66.0 cm³/mol. The summed E-state index contributed by atoms with van der Waals surface area (Å²) >= 11 is 0. The Morgan fingerprint density at radius 1 is 1.00 bits per heavy atom. The van der Waals surface area contributed by atoms with Gasteiger partial charge in [0.2, 0.25) is 0 Å². The number of rotatable bonds is 3. The van der Waals surface area contributed by atoms with Crippen molar-refractivity contribution in [1.82, 2.24) is 4.98 Å². The lowest BCUT2D eigenvalue weighted by molar-refractivity contribution is 0.591. The largest absolute Gasteiger partial charge is 0.323 e. The van der Waals surface area contributed by atoms with E-state index in [1.165, 1.54) is 12.1 Å². The highest BCUT2D eigenvalue weighted by Crippen LogP contribution is 2.27. The number of benzene rings is 1. The molecule has 2 nitrogen and oxygen atoms in total. The zero-order valence-electron chi connectivity index (χ0n) is 9.68. The summed E-state index contributed by atoms with van der Waals surface area (Å²) in [5.74, 6) is -0.0685. The van der Waals surface area contributed by atoms with Crippen LogP contribution in [0.4, 0.5) is 4.39 Å². The van der Waals surface area contributed by atoms with Crippen LogP contribution in [0.2, 0.25) is 0 Å². The van der Waals surface area contributed by atoms with Crippen LogP contribution in [0.3, 0.4) is 0 Å². The summed E-state index contributed by atoms with van der Waals surface area (Å²) in [6, 6.07) is 10.1. The molecule has 1 aromatic heterocycles. The Morgan fingerprint density at radius 2 is 1.59 bits per heavy atom. The van der Waals surface area contributed by atoms with Crippen LogP contribution in [0, 0.1) is 5.82 Å². The van der Waals surface area contributed by atoms with Gasteiger partial charge in [-0.1, -0.05) is 19.1 Å². The lowest BCUT2D eigenvalue weighted by Crippen LogP contribution is -2.17. The van der Waals surface area contributed by atoms with E-state index < -0.39 is 0 Å². The quantitative estimate of drug-likeness (QED) is 0.880. The molecular weight excluding hydrogens is 215 g/mol. The number of aromatic nitrogens is 1. The van der Waals surface area contributed by atoms with Crippen molar-refractivity contribution in [3.8, 4) is 0 Å². The van der Waals surface area contributed by atoms with Gasteiger partial charge in [0.1, 0.15) is 5.82 Å². The number of nitrogens with zero attached hydrogens (tertiary/aromatic N) is 1. The zero-order valence-corrected chi connectivity index (χ0v) is 9.68. The SMILES string of the molecule is CC(c1ccncc1)C(N)c1ccc(F)cc1. The van der Waals surface area contributed by atoms with Crippen molar-refractivity contribution in [2.24, 2.45) is 5.73 Å². The molecule has 2 rings (SSSR count). The average Bonchev–Trinajstić information content (AvgIpc) is 2.39. The first-order valence-corrected chi connectivity index (χ1v) is 5.59. The minimum absolute atomic E-state index is 0.141. The fraction of sp³-hybridized carbons (Fsp3) is 0.214. The van der Waals surface area contributed by atoms with Crippen LogP contribution in [0.25, 0.3) is 0 Å². The minimum atomic E-state index is -0.238. The Hall–Kier alpha value is -1.74. The Balaban J connectivity index is 2.20. The highest BCUT2D eigenvalue weighted by Gasteiger charge is 2.16. The molecule has 2 atom stereocenters. The Labute approximate surface area is 100 Å². The Morgan fingerprint density at radius 3 is 2.18 bits per heavy atom. The molecule has 2 N–H and O–H groups in total. The van der Waals surface area contributed by atoms with E-state index in [1.54, 1.807) is 24.5 Å². The zero-order chi connectivity index (χ0) is 12.3. The van der Waals surface area contributed by atoms with E-state index in [0.717, 1.165) is 11.1 Å². The second-order valence-electron chi connectivity index (χ2n) is 4.15. The summed E-state index contributed by atoms with van der Waals surface area (Å²) in [5, 5.41) is 0. The standard InChI is InChI=1S/C14H15FN2/c1-10(11-6-8-17-9-7-11)14(16)12-2-4-13(15)5-3-12/h2-10,14H,16H2,1H3. The monoisotopic (exact) mass is 230 g/mol. The van der Waals surface area contributed by atoms with E-state index in [-0.39, 0.29) is 17.8 Å². The third-order valence-electron chi connectivity index (χ3n) is 3.03. The molecule has 88 valence electrons. The minimum Gasteiger partial charge on any atom is -0.323 e. The molecular formula is C14H15FN2. The van der Waals surface area contributed by atoms with Gasteiger partial charge in [-0.25, -0.2) is 4.39 Å². The lowest BCUT2D eigenvalue weighted by Gasteiger charge is -2.20. The maximum absolute atomic E-state index is 12.8. The smallest absolute Gasteiger partial charge is 0.123 e. The molecule has 0 saturated heterocycles. The van der Waals surface area contributed by atoms with Gasteiger partial charge in [-0.15, -0.1) is 0 Å². The van der Waals surface area contributed by atoms with Gasteiger partial charge in [0, 0.05) is 24.4 Å². The van der Waals surface area contributed by atoms with Crippen LogP contribution in [-0.4, -0.2) is 4.98 Å². The van der Waals surface area contributed by atoms with Gasteiger partial charge in [-0.3, -0.25) is 4.98 Å². The van der Waals surface area contributed by atoms with Crippen molar-refractivity contribution >= 4 is 0 Å². The Bertz CT molecular complexity index is 467. The van der Waals surface area contributed by atoms with Gasteiger partial charge >= 0.3 is 0 Å². The van der Waals surface area contributed by atoms with Crippen molar-refractivity contribution in [2.75, 3.05) is 0 Å². The fourth-order valence-electron chi connectivity index (χ4n) is 1.85. The first-order valence-electron chi connectivity index (χ1n) is 5.59. The second-order valence-corrected chi connectivity index (χ2v) is 4.15. The molecule has 1 aromatic carbocycles. The summed E-state index contributed by atoms with van der Waals surface area (Å²) in [4.78, 5) is 3.98. The van der Waals surface area contributed by atoms with Gasteiger partial charge in [-0.05, 0) is 35.4 Å².